The second-order valence-electron chi connectivity index (χ2n) is 6.33. The van der Waals surface area contributed by atoms with E-state index in [0.29, 0.717) is 12.5 Å². The lowest BCUT2D eigenvalue weighted by molar-refractivity contribution is -0.144. The van der Waals surface area contributed by atoms with Gasteiger partial charge in [0.25, 0.3) is 0 Å². The molecule has 1 aromatic rings. The maximum Gasteiger partial charge on any atom is 0.230 e. The Labute approximate surface area is 127 Å². The van der Waals surface area contributed by atoms with Crippen molar-refractivity contribution >= 4 is 5.91 Å². The number of carbonyl (C=O) groups excluding carboxylic acids is 1. The lowest BCUT2D eigenvalue weighted by Gasteiger charge is -2.36. The number of aryl methyl sites for hydroxylation is 1. The Morgan fingerprint density at radius 3 is 2.76 bits per heavy atom. The average Bonchev–Trinajstić information content (AvgIpc) is 2.95. The number of rotatable bonds is 5. The second kappa shape index (κ2) is 6.56. The molecule has 2 rings (SSSR count). The molecule has 0 aromatic carbocycles. The van der Waals surface area contributed by atoms with Crippen LogP contribution in [0.5, 0.6) is 0 Å². The molecule has 1 atom stereocenters. The van der Waals surface area contributed by atoms with E-state index in [1.54, 1.807) is 0 Å². The van der Waals surface area contributed by atoms with Crippen LogP contribution in [-0.2, 0) is 11.3 Å². The number of nitrogens with zero attached hydrogens (tertiary/aromatic N) is 2. The first-order chi connectivity index (χ1) is 9.99. The van der Waals surface area contributed by atoms with Gasteiger partial charge >= 0.3 is 0 Å². The van der Waals surface area contributed by atoms with Crippen molar-refractivity contribution in [2.24, 2.45) is 11.3 Å². The van der Waals surface area contributed by atoms with Crippen molar-refractivity contribution < 1.29 is 4.79 Å². The number of hydrogen-bond donors (Lipinski definition) is 1. The van der Waals surface area contributed by atoms with Crippen LogP contribution in [0.1, 0.15) is 38.6 Å². The van der Waals surface area contributed by atoms with Gasteiger partial charge in [0.15, 0.2) is 0 Å². The van der Waals surface area contributed by atoms with E-state index in [9.17, 15) is 4.79 Å². The second-order valence-corrected chi connectivity index (χ2v) is 6.33. The quantitative estimate of drug-likeness (QED) is 0.905. The Morgan fingerprint density at radius 2 is 2.24 bits per heavy atom. The Balaban J connectivity index is 2.18. The van der Waals surface area contributed by atoms with Crippen LogP contribution in [0.3, 0.4) is 0 Å². The van der Waals surface area contributed by atoms with E-state index in [1.165, 1.54) is 0 Å². The minimum Gasteiger partial charge on any atom is -0.337 e. The van der Waals surface area contributed by atoms with Crippen molar-refractivity contribution in [3.05, 3.63) is 29.6 Å². The van der Waals surface area contributed by atoms with Crippen LogP contribution in [0, 0.1) is 18.3 Å². The summed E-state index contributed by atoms with van der Waals surface area (Å²) < 4.78 is 0. The van der Waals surface area contributed by atoms with Crippen LogP contribution >= 0.6 is 0 Å². The monoisotopic (exact) mass is 289 g/mol. The summed E-state index contributed by atoms with van der Waals surface area (Å²) in [6.45, 7) is 11.4. The Bertz CT molecular complexity index is 493. The highest BCUT2D eigenvalue weighted by molar-refractivity contribution is 5.83. The van der Waals surface area contributed by atoms with Crippen LogP contribution in [0.25, 0.3) is 0 Å². The molecule has 1 aliphatic heterocycles. The molecule has 1 unspecified atom stereocenters. The predicted octanol–water partition coefficient (Wildman–Crippen LogP) is 2.37. The number of hydrogen-bond acceptors (Lipinski definition) is 3. The van der Waals surface area contributed by atoms with Gasteiger partial charge < -0.3 is 10.2 Å². The Hall–Kier alpha value is -1.42. The summed E-state index contributed by atoms with van der Waals surface area (Å²) in [6.07, 6.45) is 0.932. The van der Waals surface area contributed by atoms with Crippen molar-refractivity contribution in [2.45, 2.75) is 40.7 Å². The normalized spacial score (nSPS) is 21.8. The van der Waals surface area contributed by atoms with Gasteiger partial charge in [0.1, 0.15) is 0 Å². The topological polar surface area (TPSA) is 45.2 Å². The molecule has 0 aliphatic carbocycles. The summed E-state index contributed by atoms with van der Waals surface area (Å²) in [6, 6.07) is 5.99. The summed E-state index contributed by atoms with van der Waals surface area (Å²) in [4.78, 5) is 19.6. The minimum absolute atomic E-state index is 0.250. The highest BCUT2D eigenvalue weighted by Gasteiger charge is 2.45. The van der Waals surface area contributed by atoms with E-state index in [-0.39, 0.29) is 11.3 Å². The Morgan fingerprint density at radius 1 is 1.48 bits per heavy atom. The van der Waals surface area contributed by atoms with E-state index >= 15 is 0 Å². The number of amides is 1. The zero-order valence-electron chi connectivity index (χ0n) is 13.6. The maximum absolute atomic E-state index is 13.1. The number of carbonyl (C=O) groups is 1. The first-order valence-electron chi connectivity index (χ1n) is 7.92. The molecule has 4 heteroatoms. The molecule has 1 saturated heterocycles. The number of aromatic nitrogens is 1. The molecule has 1 amide bonds. The van der Waals surface area contributed by atoms with Crippen molar-refractivity contribution in [3.8, 4) is 0 Å². The van der Waals surface area contributed by atoms with Gasteiger partial charge in [-0.25, -0.2) is 0 Å². The van der Waals surface area contributed by atoms with Crippen molar-refractivity contribution in [3.63, 3.8) is 0 Å². The largest absolute Gasteiger partial charge is 0.337 e. The molecule has 0 bridgehead atoms. The number of nitrogens with one attached hydrogen (secondary N) is 1. The van der Waals surface area contributed by atoms with E-state index in [4.69, 9.17) is 0 Å². The van der Waals surface area contributed by atoms with Crippen molar-refractivity contribution in [2.75, 3.05) is 19.6 Å². The number of pyridine rings is 1. The molecule has 21 heavy (non-hydrogen) atoms. The van der Waals surface area contributed by atoms with E-state index in [2.05, 4.69) is 24.1 Å². The fourth-order valence-electron chi connectivity index (χ4n) is 3.16. The van der Waals surface area contributed by atoms with Crippen molar-refractivity contribution in [1.29, 1.82) is 0 Å². The summed E-state index contributed by atoms with van der Waals surface area (Å²) in [5.74, 6) is 0.618. The highest BCUT2D eigenvalue weighted by Crippen LogP contribution is 2.36. The standard InChI is InChI=1S/C17H27N3O/c1-5-20(11-15-8-6-7-14(4)19-15)16(21)17(13(2)3)9-10-18-12-17/h6-8,13,18H,5,9-12H2,1-4H3. The summed E-state index contributed by atoms with van der Waals surface area (Å²) in [5, 5.41) is 3.36. The molecule has 0 saturated carbocycles. The molecule has 116 valence electrons. The molecule has 2 heterocycles. The molecular formula is C17H27N3O. The van der Waals surface area contributed by atoms with Crippen LogP contribution in [-0.4, -0.2) is 35.4 Å². The smallest absolute Gasteiger partial charge is 0.230 e. The maximum atomic E-state index is 13.1. The van der Waals surface area contributed by atoms with E-state index < -0.39 is 0 Å². The molecule has 4 nitrogen and oxygen atoms in total. The highest BCUT2D eigenvalue weighted by atomic mass is 16.2. The lowest BCUT2D eigenvalue weighted by atomic mass is 9.75. The lowest BCUT2D eigenvalue weighted by Crippen LogP contribution is -2.48. The van der Waals surface area contributed by atoms with E-state index in [0.717, 1.165) is 37.4 Å². The molecule has 1 aliphatic rings. The first-order valence-corrected chi connectivity index (χ1v) is 7.92. The van der Waals surface area contributed by atoms with Crippen LogP contribution < -0.4 is 5.32 Å². The fourth-order valence-corrected chi connectivity index (χ4v) is 3.16. The zero-order valence-corrected chi connectivity index (χ0v) is 13.6. The van der Waals surface area contributed by atoms with Gasteiger partial charge in [-0.2, -0.15) is 0 Å². The van der Waals surface area contributed by atoms with E-state index in [1.807, 2.05) is 36.9 Å². The van der Waals surface area contributed by atoms with Crippen LogP contribution in [0.4, 0.5) is 0 Å². The van der Waals surface area contributed by atoms with Gasteiger partial charge in [0, 0.05) is 18.8 Å². The van der Waals surface area contributed by atoms with Crippen molar-refractivity contribution in [1.82, 2.24) is 15.2 Å². The Kier molecular flexibility index (Phi) is 4.99. The van der Waals surface area contributed by atoms with Gasteiger partial charge in [-0.1, -0.05) is 19.9 Å². The molecule has 1 fully saturated rings. The summed E-state index contributed by atoms with van der Waals surface area (Å²) in [5.41, 5.74) is 1.71. The van der Waals surface area contributed by atoms with Gasteiger partial charge in [0.05, 0.1) is 17.7 Å². The SMILES string of the molecule is CCN(Cc1cccc(C)n1)C(=O)C1(C(C)C)CCNC1. The zero-order chi connectivity index (χ0) is 15.5. The third kappa shape index (κ3) is 3.26. The molecule has 1 N–H and O–H groups in total. The van der Waals surface area contributed by atoms with Gasteiger partial charge in [-0.3, -0.25) is 9.78 Å². The summed E-state index contributed by atoms with van der Waals surface area (Å²) in [7, 11) is 0. The molecule has 0 spiro atoms. The fraction of sp³-hybridized carbons (Fsp3) is 0.647. The average molecular weight is 289 g/mol. The van der Waals surface area contributed by atoms with Gasteiger partial charge in [-0.05, 0) is 44.9 Å². The van der Waals surface area contributed by atoms with Gasteiger partial charge in [-0.15, -0.1) is 0 Å². The van der Waals surface area contributed by atoms with Crippen LogP contribution in [0.15, 0.2) is 18.2 Å². The van der Waals surface area contributed by atoms with Gasteiger partial charge in [0.2, 0.25) is 5.91 Å². The summed E-state index contributed by atoms with van der Waals surface area (Å²) >= 11 is 0. The first kappa shape index (κ1) is 16.0. The predicted molar refractivity (Wildman–Crippen MR) is 84.8 cm³/mol. The third-order valence-corrected chi connectivity index (χ3v) is 4.69. The minimum atomic E-state index is -0.250. The molecule has 0 radical (unpaired) electrons. The molecular weight excluding hydrogens is 262 g/mol. The van der Waals surface area contributed by atoms with Crippen LogP contribution in [0.2, 0.25) is 0 Å². The third-order valence-electron chi connectivity index (χ3n) is 4.69. The molecule has 1 aromatic heterocycles.